The fourth-order valence-corrected chi connectivity index (χ4v) is 1.29. The van der Waals surface area contributed by atoms with Gasteiger partial charge in [-0.3, -0.25) is 25.4 Å². The monoisotopic (exact) mass is 250 g/mol. The predicted molar refractivity (Wildman–Crippen MR) is 67.3 cm³/mol. The van der Waals surface area contributed by atoms with Crippen LogP contribution in [0.3, 0.4) is 0 Å². The van der Waals surface area contributed by atoms with E-state index >= 15 is 0 Å². The highest BCUT2D eigenvalue weighted by atomic mass is 16.2. The minimum absolute atomic E-state index is 0.0582. The SMILES string of the molecule is CC[C@H](C)[C@H](N)C(=O)NNC(=O)c1ccncc1. The third-order valence-electron chi connectivity index (χ3n) is 2.80. The van der Waals surface area contributed by atoms with Crippen molar-refractivity contribution in [1.82, 2.24) is 15.8 Å². The summed E-state index contributed by atoms with van der Waals surface area (Å²) in [6.07, 6.45) is 3.80. The number of aromatic nitrogens is 1. The molecule has 0 aromatic carbocycles. The molecule has 6 nitrogen and oxygen atoms in total. The van der Waals surface area contributed by atoms with Gasteiger partial charge in [-0.25, -0.2) is 0 Å². The Morgan fingerprint density at radius 1 is 1.33 bits per heavy atom. The number of amides is 2. The minimum Gasteiger partial charge on any atom is -0.320 e. The number of hydrogen-bond acceptors (Lipinski definition) is 4. The maximum absolute atomic E-state index is 11.6. The van der Waals surface area contributed by atoms with Crippen LogP contribution in [0.25, 0.3) is 0 Å². The molecule has 2 atom stereocenters. The molecule has 0 aliphatic heterocycles. The van der Waals surface area contributed by atoms with Crippen molar-refractivity contribution in [2.45, 2.75) is 26.3 Å². The van der Waals surface area contributed by atoms with Crippen LogP contribution in [0.2, 0.25) is 0 Å². The van der Waals surface area contributed by atoms with Gasteiger partial charge in [-0.15, -0.1) is 0 Å². The van der Waals surface area contributed by atoms with E-state index in [2.05, 4.69) is 15.8 Å². The lowest BCUT2D eigenvalue weighted by Gasteiger charge is -2.17. The van der Waals surface area contributed by atoms with Gasteiger partial charge in [0, 0.05) is 18.0 Å². The van der Waals surface area contributed by atoms with Gasteiger partial charge in [0.25, 0.3) is 11.8 Å². The van der Waals surface area contributed by atoms with Crippen molar-refractivity contribution in [2.75, 3.05) is 0 Å². The first-order chi connectivity index (χ1) is 8.56. The normalized spacial score (nSPS) is 13.5. The molecule has 0 saturated heterocycles. The van der Waals surface area contributed by atoms with E-state index in [0.29, 0.717) is 5.56 Å². The summed E-state index contributed by atoms with van der Waals surface area (Å²) in [5.41, 5.74) is 10.8. The van der Waals surface area contributed by atoms with Crippen LogP contribution < -0.4 is 16.6 Å². The van der Waals surface area contributed by atoms with E-state index in [1.54, 1.807) is 12.1 Å². The van der Waals surface area contributed by atoms with Crippen LogP contribution in [0.15, 0.2) is 24.5 Å². The summed E-state index contributed by atoms with van der Waals surface area (Å²) < 4.78 is 0. The molecule has 0 fully saturated rings. The second-order valence-corrected chi connectivity index (χ2v) is 4.09. The number of rotatable bonds is 4. The Balaban J connectivity index is 2.46. The summed E-state index contributed by atoms with van der Waals surface area (Å²) in [5.74, 6) is -0.739. The fraction of sp³-hybridized carbons (Fsp3) is 0.417. The maximum Gasteiger partial charge on any atom is 0.269 e. The van der Waals surface area contributed by atoms with Gasteiger partial charge in [0.1, 0.15) is 0 Å². The van der Waals surface area contributed by atoms with E-state index in [1.807, 2.05) is 13.8 Å². The Morgan fingerprint density at radius 3 is 2.50 bits per heavy atom. The number of nitrogens with two attached hydrogens (primary N) is 1. The third kappa shape index (κ3) is 3.81. The van der Waals surface area contributed by atoms with E-state index < -0.39 is 17.9 Å². The van der Waals surface area contributed by atoms with Crippen molar-refractivity contribution in [1.29, 1.82) is 0 Å². The topological polar surface area (TPSA) is 97.1 Å². The minimum atomic E-state index is -0.632. The molecule has 2 amide bonds. The van der Waals surface area contributed by atoms with Crippen molar-refractivity contribution in [3.63, 3.8) is 0 Å². The molecular weight excluding hydrogens is 232 g/mol. The Kier molecular flexibility index (Phi) is 5.26. The number of nitrogens with one attached hydrogen (secondary N) is 2. The van der Waals surface area contributed by atoms with Gasteiger partial charge < -0.3 is 5.73 Å². The fourth-order valence-electron chi connectivity index (χ4n) is 1.29. The third-order valence-corrected chi connectivity index (χ3v) is 2.80. The lowest BCUT2D eigenvalue weighted by Crippen LogP contribution is -2.51. The first-order valence-corrected chi connectivity index (χ1v) is 5.82. The van der Waals surface area contributed by atoms with Crippen LogP contribution in [0.1, 0.15) is 30.6 Å². The van der Waals surface area contributed by atoms with Gasteiger partial charge in [0.05, 0.1) is 6.04 Å². The first-order valence-electron chi connectivity index (χ1n) is 5.82. The molecule has 1 heterocycles. The molecule has 1 rings (SSSR count). The molecule has 98 valence electrons. The Labute approximate surface area is 106 Å². The highest BCUT2D eigenvalue weighted by Gasteiger charge is 2.19. The Hall–Kier alpha value is -1.95. The lowest BCUT2D eigenvalue weighted by molar-refractivity contribution is -0.124. The zero-order chi connectivity index (χ0) is 13.5. The summed E-state index contributed by atoms with van der Waals surface area (Å²) in [4.78, 5) is 27.0. The largest absolute Gasteiger partial charge is 0.320 e. The number of hydrogen-bond donors (Lipinski definition) is 3. The zero-order valence-corrected chi connectivity index (χ0v) is 10.5. The van der Waals surface area contributed by atoms with Crippen LogP contribution in [-0.2, 0) is 4.79 Å². The van der Waals surface area contributed by atoms with Crippen molar-refractivity contribution < 1.29 is 9.59 Å². The molecule has 0 saturated carbocycles. The molecule has 0 unspecified atom stereocenters. The molecule has 0 spiro atoms. The molecule has 0 radical (unpaired) electrons. The quantitative estimate of drug-likeness (QED) is 0.666. The van der Waals surface area contributed by atoms with Crippen molar-refractivity contribution >= 4 is 11.8 Å². The van der Waals surface area contributed by atoms with Gasteiger partial charge in [-0.2, -0.15) is 0 Å². The molecule has 1 aromatic heterocycles. The van der Waals surface area contributed by atoms with Gasteiger partial charge in [-0.05, 0) is 18.1 Å². The average Bonchev–Trinajstić information content (AvgIpc) is 2.43. The highest BCUT2D eigenvalue weighted by Crippen LogP contribution is 2.04. The predicted octanol–water partition coefficient (Wildman–Crippen LogP) is 0.216. The Bertz CT molecular complexity index is 408. The highest BCUT2D eigenvalue weighted by molar-refractivity contribution is 5.95. The van der Waals surface area contributed by atoms with E-state index in [0.717, 1.165) is 6.42 Å². The standard InChI is InChI=1S/C12H18N4O2/c1-3-8(2)10(13)12(18)16-15-11(17)9-4-6-14-7-5-9/h4-8,10H,3,13H2,1-2H3,(H,15,17)(H,16,18)/t8-,10-/m0/s1. The smallest absolute Gasteiger partial charge is 0.269 e. The number of carbonyl (C=O) groups excluding carboxylic acids is 2. The van der Waals surface area contributed by atoms with E-state index in [-0.39, 0.29) is 5.92 Å². The molecule has 0 bridgehead atoms. The molecular formula is C12H18N4O2. The van der Waals surface area contributed by atoms with Crippen molar-refractivity contribution in [3.05, 3.63) is 30.1 Å². The van der Waals surface area contributed by atoms with E-state index in [9.17, 15) is 9.59 Å². The average molecular weight is 250 g/mol. The van der Waals surface area contributed by atoms with Crippen LogP contribution in [0.5, 0.6) is 0 Å². The zero-order valence-electron chi connectivity index (χ0n) is 10.5. The van der Waals surface area contributed by atoms with Gasteiger partial charge in [-0.1, -0.05) is 20.3 Å². The molecule has 0 aliphatic rings. The van der Waals surface area contributed by atoms with Crippen LogP contribution >= 0.6 is 0 Å². The molecule has 4 N–H and O–H groups in total. The van der Waals surface area contributed by atoms with E-state index in [4.69, 9.17) is 5.73 Å². The summed E-state index contributed by atoms with van der Waals surface area (Å²) in [7, 11) is 0. The summed E-state index contributed by atoms with van der Waals surface area (Å²) in [5, 5.41) is 0. The van der Waals surface area contributed by atoms with Crippen LogP contribution in [-0.4, -0.2) is 22.8 Å². The van der Waals surface area contributed by atoms with Crippen LogP contribution in [0.4, 0.5) is 0 Å². The molecule has 0 aliphatic carbocycles. The van der Waals surface area contributed by atoms with Crippen molar-refractivity contribution in [2.24, 2.45) is 11.7 Å². The maximum atomic E-state index is 11.6. The summed E-state index contributed by atoms with van der Waals surface area (Å²) >= 11 is 0. The second-order valence-electron chi connectivity index (χ2n) is 4.09. The molecule has 1 aromatic rings. The molecule has 6 heteroatoms. The van der Waals surface area contributed by atoms with Gasteiger partial charge in [0.2, 0.25) is 0 Å². The van der Waals surface area contributed by atoms with Gasteiger partial charge in [0.15, 0.2) is 0 Å². The lowest BCUT2D eigenvalue weighted by atomic mass is 10.00. The first kappa shape index (κ1) is 14.1. The number of nitrogens with zero attached hydrogens (tertiary/aromatic N) is 1. The van der Waals surface area contributed by atoms with Crippen molar-refractivity contribution in [3.8, 4) is 0 Å². The number of pyridine rings is 1. The summed E-state index contributed by atoms with van der Waals surface area (Å²) in [6.45, 7) is 3.84. The Morgan fingerprint density at radius 2 is 1.94 bits per heavy atom. The van der Waals surface area contributed by atoms with Gasteiger partial charge >= 0.3 is 0 Å². The van der Waals surface area contributed by atoms with Crippen LogP contribution in [0, 0.1) is 5.92 Å². The van der Waals surface area contributed by atoms with E-state index in [1.165, 1.54) is 12.4 Å². The number of hydrazine groups is 1. The summed E-state index contributed by atoms with van der Waals surface area (Å²) in [6, 6.07) is 2.47. The second kappa shape index (κ2) is 6.70. The molecule has 18 heavy (non-hydrogen) atoms. The number of carbonyl (C=O) groups is 2.